The molecule has 122 valence electrons. The average Bonchev–Trinajstić information content (AvgIpc) is 2.44. The average molecular weight is 300 g/mol. The van der Waals surface area contributed by atoms with Crippen LogP contribution in [0.15, 0.2) is 0 Å². The SMILES string of the molecule is CCC1(CC)CC(NC(=O)N[C@H](C(=O)O)C(C)C)CCO1. The highest BCUT2D eigenvalue weighted by Gasteiger charge is 2.35. The Bertz CT molecular complexity index is 367. The van der Waals surface area contributed by atoms with Crippen molar-refractivity contribution in [3.05, 3.63) is 0 Å². The summed E-state index contributed by atoms with van der Waals surface area (Å²) in [7, 11) is 0. The molecule has 0 radical (unpaired) electrons. The van der Waals surface area contributed by atoms with Crippen LogP contribution in [-0.4, -0.2) is 41.4 Å². The number of ether oxygens (including phenoxy) is 1. The van der Waals surface area contributed by atoms with Gasteiger partial charge in [-0.15, -0.1) is 0 Å². The monoisotopic (exact) mass is 300 g/mol. The molecule has 0 aromatic heterocycles. The van der Waals surface area contributed by atoms with Gasteiger partial charge in [-0.1, -0.05) is 27.7 Å². The van der Waals surface area contributed by atoms with E-state index in [0.717, 1.165) is 25.7 Å². The van der Waals surface area contributed by atoms with Crippen molar-refractivity contribution in [2.75, 3.05) is 6.61 Å². The highest BCUT2D eigenvalue weighted by molar-refractivity contribution is 5.82. The number of amides is 2. The third-order valence-corrected chi connectivity index (χ3v) is 4.34. The Morgan fingerprint density at radius 1 is 1.33 bits per heavy atom. The van der Waals surface area contributed by atoms with Crippen molar-refractivity contribution in [3.63, 3.8) is 0 Å². The van der Waals surface area contributed by atoms with Gasteiger partial charge in [0.1, 0.15) is 6.04 Å². The van der Waals surface area contributed by atoms with Crippen LogP contribution in [0, 0.1) is 5.92 Å². The Labute approximate surface area is 126 Å². The van der Waals surface area contributed by atoms with Crippen LogP contribution in [0.4, 0.5) is 4.79 Å². The number of carbonyl (C=O) groups excluding carboxylic acids is 1. The molecule has 0 aromatic carbocycles. The third-order valence-electron chi connectivity index (χ3n) is 4.34. The lowest BCUT2D eigenvalue weighted by molar-refractivity contribution is -0.140. The van der Waals surface area contributed by atoms with Gasteiger partial charge < -0.3 is 20.5 Å². The largest absolute Gasteiger partial charge is 0.480 e. The molecule has 1 rings (SSSR count). The van der Waals surface area contributed by atoms with Crippen molar-refractivity contribution in [2.24, 2.45) is 5.92 Å². The van der Waals surface area contributed by atoms with E-state index < -0.39 is 18.0 Å². The fraction of sp³-hybridized carbons (Fsp3) is 0.867. The summed E-state index contributed by atoms with van der Waals surface area (Å²) >= 11 is 0. The van der Waals surface area contributed by atoms with Crippen LogP contribution in [0.25, 0.3) is 0 Å². The van der Waals surface area contributed by atoms with E-state index in [-0.39, 0.29) is 17.6 Å². The highest BCUT2D eigenvalue weighted by Crippen LogP contribution is 2.31. The molecule has 21 heavy (non-hydrogen) atoms. The molecule has 6 heteroatoms. The van der Waals surface area contributed by atoms with Gasteiger partial charge in [-0.05, 0) is 31.6 Å². The molecule has 1 unspecified atom stereocenters. The summed E-state index contributed by atoms with van der Waals surface area (Å²) in [5, 5.41) is 14.5. The van der Waals surface area contributed by atoms with Crippen molar-refractivity contribution < 1.29 is 19.4 Å². The molecular weight excluding hydrogens is 272 g/mol. The summed E-state index contributed by atoms with van der Waals surface area (Å²) in [5.74, 6) is -1.17. The summed E-state index contributed by atoms with van der Waals surface area (Å²) in [6.07, 6.45) is 3.35. The number of urea groups is 1. The van der Waals surface area contributed by atoms with Gasteiger partial charge in [0.05, 0.1) is 5.60 Å². The first-order chi connectivity index (χ1) is 9.83. The highest BCUT2D eigenvalue weighted by atomic mass is 16.5. The zero-order chi connectivity index (χ0) is 16.0. The molecule has 1 saturated heterocycles. The van der Waals surface area contributed by atoms with Gasteiger partial charge in [0.15, 0.2) is 0 Å². The second kappa shape index (κ2) is 7.64. The smallest absolute Gasteiger partial charge is 0.326 e. The molecule has 1 aliphatic rings. The summed E-state index contributed by atoms with van der Waals surface area (Å²) in [6, 6.07) is -1.25. The van der Waals surface area contributed by atoms with Crippen molar-refractivity contribution in [2.45, 2.75) is 71.1 Å². The third kappa shape index (κ3) is 4.88. The number of carboxylic acid groups (broad SMARTS) is 1. The Morgan fingerprint density at radius 2 is 1.95 bits per heavy atom. The summed E-state index contributed by atoms with van der Waals surface area (Å²) < 4.78 is 5.87. The topological polar surface area (TPSA) is 87.7 Å². The van der Waals surface area contributed by atoms with E-state index in [1.165, 1.54) is 0 Å². The Morgan fingerprint density at radius 3 is 2.43 bits per heavy atom. The lowest BCUT2D eigenvalue weighted by Gasteiger charge is -2.40. The number of rotatable bonds is 6. The lowest BCUT2D eigenvalue weighted by atomic mass is 9.86. The van der Waals surface area contributed by atoms with Crippen LogP contribution in [0.2, 0.25) is 0 Å². The fourth-order valence-electron chi connectivity index (χ4n) is 2.78. The van der Waals surface area contributed by atoms with Crippen LogP contribution in [-0.2, 0) is 9.53 Å². The minimum atomic E-state index is -1.01. The Balaban J connectivity index is 2.56. The van der Waals surface area contributed by atoms with E-state index in [9.17, 15) is 9.59 Å². The number of hydrogen-bond donors (Lipinski definition) is 3. The molecule has 0 bridgehead atoms. The van der Waals surface area contributed by atoms with Crippen molar-refractivity contribution in [3.8, 4) is 0 Å². The predicted octanol–water partition coefficient (Wildman–Crippen LogP) is 2.13. The zero-order valence-electron chi connectivity index (χ0n) is 13.4. The van der Waals surface area contributed by atoms with Gasteiger partial charge >= 0.3 is 12.0 Å². The maximum Gasteiger partial charge on any atom is 0.326 e. The normalized spacial score (nSPS) is 22.6. The molecule has 0 spiro atoms. The number of carbonyl (C=O) groups is 2. The minimum absolute atomic E-state index is 0.0280. The van der Waals surface area contributed by atoms with E-state index in [1.54, 1.807) is 13.8 Å². The first-order valence-electron chi connectivity index (χ1n) is 7.77. The molecule has 0 aliphatic carbocycles. The van der Waals surface area contributed by atoms with Gasteiger partial charge in [-0.3, -0.25) is 0 Å². The second-order valence-corrected chi connectivity index (χ2v) is 6.11. The Hall–Kier alpha value is -1.30. The first kappa shape index (κ1) is 17.8. The summed E-state index contributed by atoms with van der Waals surface area (Å²) in [5.41, 5.74) is -0.166. The van der Waals surface area contributed by atoms with Crippen LogP contribution in [0.3, 0.4) is 0 Å². The molecule has 1 heterocycles. The van der Waals surface area contributed by atoms with Crippen LogP contribution >= 0.6 is 0 Å². The molecule has 1 aliphatic heterocycles. The van der Waals surface area contributed by atoms with Gasteiger partial charge in [0.25, 0.3) is 0 Å². The van der Waals surface area contributed by atoms with Gasteiger partial charge in [-0.25, -0.2) is 9.59 Å². The molecule has 2 amide bonds. The standard InChI is InChI=1S/C15H28N2O4/c1-5-15(6-2)9-11(7-8-21-15)16-14(20)17-12(10(3)4)13(18)19/h10-12H,5-9H2,1-4H3,(H,18,19)(H2,16,17,20)/t11?,12-/m0/s1. The maximum atomic E-state index is 12.0. The molecule has 6 nitrogen and oxygen atoms in total. The van der Waals surface area contributed by atoms with Crippen LogP contribution in [0.1, 0.15) is 53.4 Å². The van der Waals surface area contributed by atoms with Crippen LogP contribution in [0.5, 0.6) is 0 Å². The first-order valence-corrected chi connectivity index (χ1v) is 7.77. The molecule has 0 saturated carbocycles. The molecule has 2 atom stereocenters. The van der Waals surface area contributed by atoms with E-state index in [4.69, 9.17) is 9.84 Å². The minimum Gasteiger partial charge on any atom is -0.480 e. The summed E-state index contributed by atoms with van der Waals surface area (Å²) in [4.78, 5) is 23.1. The predicted molar refractivity (Wildman–Crippen MR) is 80.2 cm³/mol. The number of nitrogens with one attached hydrogen (secondary N) is 2. The molecular formula is C15H28N2O4. The molecule has 3 N–H and O–H groups in total. The zero-order valence-corrected chi connectivity index (χ0v) is 13.4. The van der Waals surface area contributed by atoms with Crippen molar-refractivity contribution in [1.29, 1.82) is 0 Å². The van der Waals surface area contributed by atoms with Crippen molar-refractivity contribution >= 4 is 12.0 Å². The van der Waals surface area contributed by atoms with E-state index in [2.05, 4.69) is 24.5 Å². The fourth-order valence-corrected chi connectivity index (χ4v) is 2.78. The molecule has 0 aromatic rings. The Kier molecular flexibility index (Phi) is 6.45. The van der Waals surface area contributed by atoms with Gasteiger partial charge in [-0.2, -0.15) is 0 Å². The van der Waals surface area contributed by atoms with Gasteiger partial charge in [0.2, 0.25) is 0 Å². The second-order valence-electron chi connectivity index (χ2n) is 6.11. The number of hydrogen-bond acceptors (Lipinski definition) is 3. The van der Waals surface area contributed by atoms with E-state index in [1.807, 2.05) is 0 Å². The van der Waals surface area contributed by atoms with E-state index >= 15 is 0 Å². The summed E-state index contributed by atoms with van der Waals surface area (Å²) in [6.45, 7) is 8.34. The van der Waals surface area contributed by atoms with Crippen LogP contribution < -0.4 is 10.6 Å². The van der Waals surface area contributed by atoms with E-state index in [0.29, 0.717) is 6.61 Å². The maximum absolute atomic E-state index is 12.0. The lowest BCUT2D eigenvalue weighted by Crippen LogP contribution is -2.54. The number of aliphatic carboxylic acids is 1. The van der Waals surface area contributed by atoms with Gasteiger partial charge in [0, 0.05) is 12.6 Å². The van der Waals surface area contributed by atoms with Crippen molar-refractivity contribution in [1.82, 2.24) is 10.6 Å². The quantitative estimate of drug-likeness (QED) is 0.701. The number of carboxylic acids is 1. The molecule has 1 fully saturated rings.